The fourth-order valence-electron chi connectivity index (χ4n) is 2.61. The Morgan fingerprint density at radius 2 is 2.16 bits per heavy atom. The summed E-state index contributed by atoms with van der Waals surface area (Å²) in [6.45, 7) is 2.39. The first-order chi connectivity index (χ1) is 9.28. The summed E-state index contributed by atoms with van der Waals surface area (Å²) >= 11 is 4.28. The van der Waals surface area contributed by atoms with Crippen LogP contribution in [0.5, 0.6) is 0 Å². The van der Waals surface area contributed by atoms with Gasteiger partial charge in [0, 0.05) is 26.1 Å². The van der Waals surface area contributed by atoms with E-state index < -0.39 is 0 Å². The maximum atomic E-state index is 11.8. The van der Waals surface area contributed by atoms with Gasteiger partial charge in [-0.15, -0.1) is 0 Å². The van der Waals surface area contributed by atoms with E-state index in [1.54, 1.807) is 0 Å². The van der Waals surface area contributed by atoms with Crippen LogP contribution in [0.1, 0.15) is 6.42 Å². The molecule has 1 unspecified atom stereocenters. The van der Waals surface area contributed by atoms with Gasteiger partial charge >= 0.3 is 0 Å². The molecule has 2 heterocycles. The molecule has 100 valence electrons. The van der Waals surface area contributed by atoms with E-state index in [-0.39, 0.29) is 5.91 Å². The Labute approximate surface area is 117 Å². The summed E-state index contributed by atoms with van der Waals surface area (Å²) in [6.07, 6.45) is 2.50. The van der Waals surface area contributed by atoms with E-state index >= 15 is 0 Å². The number of thiol groups is 1. The van der Waals surface area contributed by atoms with Crippen LogP contribution in [0.4, 0.5) is 0 Å². The number of carbonyl (C=O) groups is 1. The van der Waals surface area contributed by atoms with Crippen LogP contribution in [0.15, 0.2) is 30.6 Å². The molecule has 1 atom stereocenters. The third-order valence-electron chi connectivity index (χ3n) is 3.69. The predicted molar refractivity (Wildman–Crippen MR) is 78.3 cm³/mol. The van der Waals surface area contributed by atoms with Crippen molar-refractivity contribution in [2.45, 2.75) is 13.0 Å². The molecular formula is C14H17N3OS. The first-order valence-corrected chi connectivity index (χ1v) is 7.19. The molecule has 1 saturated heterocycles. The van der Waals surface area contributed by atoms with Gasteiger partial charge in [0.05, 0.1) is 17.4 Å². The van der Waals surface area contributed by atoms with Crippen molar-refractivity contribution in [3.63, 3.8) is 0 Å². The van der Waals surface area contributed by atoms with E-state index in [2.05, 4.69) is 28.2 Å². The van der Waals surface area contributed by atoms with Gasteiger partial charge in [-0.25, -0.2) is 4.98 Å². The number of aromatic nitrogens is 2. The average molecular weight is 275 g/mol. The van der Waals surface area contributed by atoms with Crippen LogP contribution in [0.3, 0.4) is 0 Å². The summed E-state index contributed by atoms with van der Waals surface area (Å²) in [5.74, 6) is 1.45. The lowest BCUT2D eigenvalue weighted by atomic mass is 10.1. The van der Waals surface area contributed by atoms with E-state index in [9.17, 15) is 4.79 Å². The molecule has 3 rings (SSSR count). The Kier molecular flexibility index (Phi) is 3.46. The molecule has 19 heavy (non-hydrogen) atoms. The van der Waals surface area contributed by atoms with Gasteiger partial charge in [-0.3, -0.25) is 4.79 Å². The van der Waals surface area contributed by atoms with Crippen LogP contribution in [0.25, 0.3) is 11.0 Å². The number of hydrogen-bond donors (Lipinski definition) is 1. The molecule has 2 aromatic rings. The summed E-state index contributed by atoms with van der Waals surface area (Å²) in [6, 6.07) is 8.06. The van der Waals surface area contributed by atoms with Gasteiger partial charge in [0.1, 0.15) is 0 Å². The van der Waals surface area contributed by atoms with E-state index in [0.717, 1.165) is 36.4 Å². The monoisotopic (exact) mass is 275 g/mol. The molecule has 0 spiro atoms. The van der Waals surface area contributed by atoms with Crippen molar-refractivity contribution in [1.82, 2.24) is 14.5 Å². The number of amides is 1. The molecule has 1 aromatic carbocycles. The van der Waals surface area contributed by atoms with Crippen molar-refractivity contribution < 1.29 is 4.79 Å². The Morgan fingerprint density at radius 1 is 1.32 bits per heavy atom. The number of hydrogen-bond acceptors (Lipinski definition) is 3. The quantitative estimate of drug-likeness (QED) is 0.864. The van der Waals surface area contributed by atoms with E-state index in [4.69, 9.17) is 0 Å². The topological polar surface area (TPSA) is 38.1 Å². The summed E-state index contributed by atoms with van der Waals surface area (Å²) in [5.41, 5.74) is 2.13. The number of benzene rings is 1. The minimum absolute atomic E-state index is 0.253. The van der Waals surface area contributed by atoms with Crippen molar-refractivity contribution in [3.05, 3.63) is 30.6 Å². The molecule has 4 nitrogen and oxygen atoms in total. The van der Waals surface area contributed by atoms with E-state index in [1.165, 1.54) is 0 Å². The van der Waals surface area contributed by atoms with Crippen LogP contribution in [0, 0.1) is 5.92 Å². The summed E-state index contributed by atoms with van der Waals surface area (Å²) in [5, 5.41) is 0. The van der Waals surface area contributed by atoms with Gasteiger partial charge in [-0.05, 0) is 23.8 Å². The number of imidazole rings is 1. The van der Waals surface area contributed by atoms with Gasteiger partial charge < -0.3 is 9.47 Å². The minimum atomic E-state index is 0.253. The Hall–Kier alpha value is -1.49. The highest BCUT2D eigenvalue weighted by molar-refractivity contribution is 7.80. The number of carbonyl (C=O) groups excluding carboxylic acids is 1. The van der Waals surface area contributed by atoms with Crippen molar-refractivity contribution in [2.75, 3.05) is 18.8 Å². The highest BCUT2D eigenvalue weighted by atomic mass is 32.1. The van der Waals surface area contributed by atoms with Crippen LogP contribution in [-0.2, 0) is 11.3 Å². The average Bonchev–Trinajstić information content (AvgIpc) is 3.00. The Bertz CT molecular complexity index is 595. The first-order valence-electron chi connectivity index (χ1n) is 6.56. The van der Waals surface area contributed by atoms with E-state index in [1.807, 2.05) is 29.4 Å². The van der Waals surface area contributed by atoms with Crippen molar-refractivity contribution in [2.24, 2.45) is 5.92 Å². The number of likely N-dealkylation sites (tertiary alicyclic amines) is 1. The number of nitrogens with zero attached hydrogens (tertiary/aromatic N) is 3. The number of para-hydroxylation sites is 2. The molecule has 5 heteroatoms. The second kappa shape index (κ2) is 5.25. The van der Waals surface area contributed by atoms with Crippen LogP contribution in [-0.4, -0.2) is 39.2 Å². The maximum Gasteiger partial charge on any atom is 0.223 e. The molecule has 1 aromatic heterocycles. The summed E-state index contributed by atoms with van der Waals surface area (Å²) in [4.78, 5) is 18.1. The standard InChI is InChI=1S/C14H17N3OS/c18-14-7-11(9-19)8-16(14)5-6-17-10-15-12-3-1-2-4-13(12)17/h1-4,10-11,19H,5-9H2. The molecule has 1 amide bonds. The lowest BCUT2D eigenvalue weighted by Gasteiger charge is -2.16. The molecule has 0 N–H and O–H groups in total. The zero-order valence-electron chi connectivity index (χ0n) is 10.7. The van der Waals surface area contributed by atoms with Crippen LogP contribution < -0.4 is 0 Å². The Morgan fingerprint density at radius 3 is 2.95 bits per heavy atom. The maximum absolute atomic E-state index is 11.8. The molecule has 1 aliphatic heterocycles. The molecule has 0 bridgehead atoms. The Balaban J connectivity index is 1.68. The number of fused-ring (bicyclic) bond motifs is 1. The highest BCUT2D eigenvalue weighted by Crippen LogP contribution is 2.19. The third-order valence-corrected chi connectivity index (χ3v) is 4.21. The van der Waals surface area contributed by atoms with Crippen molar-refractivity contribution in [1.29, 1.82) is 0 Å². The normalized spacial score (nSPS) is 19.5. The first kappa shape index (κ1) is 12.5. The van der Waals surface area contributed by atoms with Crippen LogP contribution >= 0.6 is 12.6 Å². The second-order valence-electron chi connectivity index (χ2n) is 5.02. The highest BCUT2D eigenvalue weighted by Gasteiger charge is 2.28. The molecule has 0 saturated carbocycles. The largest absolute Gasteiger partial charge is 0.341 e. The van der Waals surface area contributed by atoms with Gasteiger partial charge in [0.15, 0.2) is 0 Å². The summed E-state index contributed by atoms with van der Waals surface area (Å²) < 4.78 is 2.11. The molecule has 0 aliphatic carbocycles. The van der Waals surface area contributed by atoms with E-state index in [0.29, 0.717) is 12.3 Å². The fourth-order valence-corrected chi connectivity index (χ4v) is 2.85. The lowest BCUT2D eigenvalue weighted by molar-refractivity contribution is -0.127. The lowest BCUT2D eigenvalue weighted by Crippen LogP contribution is -2.29. The smallest absolute Gasteiger partial charge is 0.223 e. The summed E-state index contributed by atoms with van der Waals surface area (Å²) in [7, 11) is 0. The van der Waals surface area contributed by atoms with Crippen molar-refractivity contribution >= 4 is 29.6 Å². The molecule has 1 aliphatic rings. The fraction of sp³-hybridized carbons (Fsp3) is 0.429. The SMILES string of the molecule is O=C1CC(CS)CN1CCn1cnc2ccccc21. The zero-order chi connectivity index (χ0) is 13.2. The van der Waals surface area contributed by atoms with Gasteiger partial charge in [0.25, 0.3) is 0 Å². The van der Waals surface area contributed by atoms with Gasteiger partial charge in [-0.1, -0.05) is 12.1 Å². The molecular weight excluding hydrogens is 258 g/mol. The van der Waals surface area contributed by atoms with Crippen LogP contribution in [0.2, 0.25) is 0 Å². The van der Waals surface area contributed by atoms with Crippen molar-refractivity contribution in [3.8, 4) is 0 Å². The van der Waals surface area contributed by atoms with Gasteiger partial charge in [-0.2, -0.15) is 12.6 Å². The molecule has 1 fully saturated rings. The number of rotatable bonds is 4. The zero-order valence-corrected chi connectivity index (χ0v) is 11.6. The third kappa shape index (κ3) is 2.47. The van der Waals surface area contributed by atoms with Gasteiger partial charge in [0.2, 0.25) is 5.91 Å². The minimum Gasteiger partial charge on any atom is -0.341 e. The predicted octanol–water partition coefficient (Wildman–Crippen LogP) is 1.81. The second-order valence-corrected chi connectivity index (χ2v) is 5.38. The molecule has 0 radical (unpaired) electrons.